The molecule has 1 aromatic carbocycles. The lowest BCUT2D eigenvalue weighted by Gasteiger charge is -2.29. The summed E-state index contributed by atoms with van der Waals surface area (Å²) in [6.07, 6.45) is 3.37. The van der Waals surface area contributed by atoms with Gasteiger partial charge in [-0.25, -0.2) is 0 Å². The van der Waals surface area contributed by atoms with Crippen LogP contribution in [0.25, 0.3) is 0 Å². The first-order valence-electron chi connectivity index (χ1n) is 14.2. The maximum absolute atomic E-state index is 12.0. The molecule has 0 bridgehead atoms. The number of rotatable bonds is 9. The summed E-state index contributed by atoms with van der Waals surface area (Å²) in [6, 6.07) is 14.3. The fraction of sp³-hybridized carbons (Fsp3) is 0.452. The summed E-state index contributed by atoms with van der Waals surface area (Å²) in [6.45, 7) is 14.0. The van der Waals surface area contributed by atoms with Gasteiger partial charge in [0, 0.05) is 61.6 Å². The standard InChI is InChI=1S/C31H40N6O2S/c1-5-28(38)33-26-11-10-24(19-21(26)2)37-30(29(34-31(37)40)27-9-6-7-12-32-27)25-20-22(3)36(23(25)4)14-8-13-35-15-17-39-18-16-35/h6-7,9-12,19-20,29-30H,5,8,13-18H2,1-4H3,(H,33,38)(H,34,40)/t29-,30-/m1/s1. The number of nitrogens with one attached hydrogen (secondary N) is 2. The molecule has 0 radical (unpaired) electrons. The van der Waals surface area contributed by atoms with Crippen molar-refractivity contribution >= 4 is 34.6 Å². The number of amides is 1. The third kappa shape index (κ3) is 5.92. The van der Waals surface area contributed by atoms with Crippen molar-refractivity contribution in [3.05, 3.63) is 76.9 Å². The Bertz CT molecular complexity index is 1350. The van der Waals surface area contributed by atoms with Crippen molar-refractivity contribution in [1.29, 1.82) is 0 Å². The summed E-state index contributed by atoms with van der Waals surface area (Å²) in [5, 5.41) is 7.25. The molecule has 2 fully saturated rings. The Morgan fingerprint density at radius 3 is 2.62 bits per heavy atom. The highest BCUT2D eigenvalue weighted by molar-refractivity contribution is 7.80. The van der Waals surface area contributed by atoms with Crippen LogP contribution in [-0.2, 0) is 16.1 Å². The zero-order valence-corrected chi connectivity index (χ0v) is 24.8. The van der Waals surface area contributed by atoms with Crippen LogP contribution < -0.4 is 15.5 Å². The molecule has 212 valence electrons. The van der Waals surface area contributed by atoms with Gasteiger partial charge in [-0.3, -0.25) is 14.7 Å². The predicted octanol–water partition coefficient (Wildman–Crippen LogP) is 5.06. The smallest absolute Gasteiger partial charge is 0.224 e. The number of pyridine rings is 1. The van der Waals surface area contributed by atoms with E-state index < -0.39 is 0 Å². The van der Waals surface area contributed by atoms with Crippen molar-refractivity contribution in [2.24, 2.45) is 0 Å². The van der Waals surface area contributed by atoms with Gasteiger partial charge in [-0.15, -0.1) is 0 Å². The van der Waals surface area contributed by atoms with Crippen molar-refractivity contribution in [3.8, 4) is 0 Å². The second kappa shape index (κ2) is 12.5. The number of aryl methyl sites for hydroxylation is 2. The minimum atomic E-state index is -0.101. The van der Waals surface area contributed by atoms with Crippen LogP contribution in [0.1, 0.15) is 60.1 Å². The molecule has 0 aliphatic carbocycles. The van der Waals surface area contributed by atoms with Crippen LogP contribution in [0.3, 0.4) is 0 Å². The first-order valence-corrected chi connectivity index (χ1v) is 14.7. The molecule has 0 unspecified atom stereocenters. The van der Waals surface area contributed by atoms with Crippen LogP contribution >= 0.6 is 12.2 Å². The number of nitrogens with zero attached hydrogens (tertiary/aromatic N) is 4. The molecule has 0 saturated carbocycles. The molecular formula is C31H40N6O2S. The number of hydrogen-bond acceptors (Lipinski definition) is 5. The van der Waals surface area contributed by atoms with Crippen LogP contribution in [-0.4, -0.2) is 58.3 Å². The molecule has 5 rings (SSSR count). The van der Waals surface area contributed by atoms with E-state index in [4.69, 9.17) is 21.9 Å². The second-order valence-corrected chi connectivity index (χ2v) is 11.1. The number of carbonyl (C=O) groups excluding carboxylic acids is 1. The largest absolute Gasteiger partial charge is 0.379 e. The van der Waals surface area contributed by atoms with Gasteiger partial charge in [0.05, 0.1) is 31.0 Å². The number of morpholine rings is 1. The quantitative estimate of drug-likeness (QED) is 0.355. The molecule has 2 aromatic heterocycles. The van der Waals surface area contributed by atoms with Crippen molar-refractivity contribution in [3.63, 3.8) is 0 Å². The van der Waals surface area contributed by atoms with Gasteiger partial charge in [-0.1, -0.05) is 13.0 Å². The number of hydrogen-bond donors (Lipinski definition) is 2. The lowest BCUT2D eigenvalue weighted by atomic mass is 9.96. The van der Waals surface area contributed by atoms with Gasteiger partial charge in [0.25, 0.3) is 0 Å². The van der Waals surface area contributed by atoms with Gasteiger partial charge in [-0.05, 0) is 86.9 Å². The summed E-state index contributed by atoms with van der Waals surface area (Å²) < 4.78 is 7.95. The molecule has 9 heteroatoms. The molecule has 2 N–H and O–H groups in total. The lowest BCUT2D eigenvalue weighted by molar-refractivity contribution is -0.115. The van der Waals surface area contributed by atoms with E-state index in [2.05, 4.69) is 57.0 Å². The monoisotopic (exact) mass is 560 g/mol. The van der Waals surface area contributed by atoms with Gasteiger partial charge in [-0.2, -0.15) is 0 Å². The highest BCUT2D eigenvalue weighted by Gasteiger charge is 2.42. The Kier molecular flexibility index (Phi) is 8.83. The van der Waals surface area contributed by atoms with E-state index in [0.29, 0.717) is 11.5 Å². The molecule has 2 saturated heterocycles. The third-order valence-corrected chi connectivity index (χ3v) is 8.39. The normalized spacial score (nSPS) is 19.6. The zero-order valence-electron chi connectivity index (χ0n) is 23.9. The molecule has 1 amide bonds. The maximum Gasteiger partial charge on any atom is 0.224 e. The van der Waals surface area contributed by atoms with Crippen LogP contribution in [0, 0.1) is 20.8 Å². The van der Waals surface area contributed by atoms with Crippen molar-refractivity contribution in [1.82, 2.24) is 19.8 Å². The average molecular weight is 561 g/mol. The van der Waals surface area contributed by atoms with Crippen LogP contribution in [0.15, 0.2) is 48.7 Å². The van der Waals surface area contributed by atoms with E-state index in [1.807, 2.05) is 44.3 Å². The molecule has 8 nitrogen and oxygen atoms in total. The van der Waals surface area contributed by atoms with E-state index in [1.165, 1.54) is 17.0 Å². The maximum atomic E-state index is 12.0. The molecule has 3 aromatic rings. The average Bonchev–Trinajstić information content (AvgIpc) is 3.45. The van der Waals surface area contributed by atoms with Gasteiger partial charge in [0.2, 0.25) is 5.91 Å². The molecule has 40 heavy (non-hydrogen) atoms. The van der Waals surface area contributed by atoms with Gasteiger partial charge in [0.15, 0.2) is 5.11 Å². The summed E-state index contributed by atoms with van der Waals surface area (Å²) in [7, 11) is 0. The molecule has 2 atom stereocenters. The van der Waals surface area contributed by atoms with Gasteiger partial charge in [0.1, 0.15) is 0 Å². The van der Waals surface area contributed by atoms with Crippen molar-refractivity contribution < 1.29 is 9.53 Å². The number of ether oxygens (including phenoxy) is 1. The Morgan fingerprint density at radius 1 is 1.12 bits per heavy atom. The Balaban J connectivity index is 1.47. The molecule has 4 heterocycles. The van der Waals surface area contributed by atoms with E-state index in [-0.39, 0.29) is 18.0 Å². The summed E-state index contributed by atoms with van der Waals surface area (Å²) in [4.78, 5) is 21.5. The van der Waals surface area contributed by atoms with Gasteiger partial charge < -0.3 is 24.8 Å². The minimum absolute atomic E-state index is 0.00311. The van der Waals surface area contributed by atoms with E-state index >= 15 is 0 Å². The number of thiocarbonyl (C=S) groups is 1. The SMILES string of the molecule is CCC(=O)Nc1ccc(N2C(=S)N[C@H](c3ccccn3)[C@H]2c2cc(C)n(CCCN3CCOCC3)c2C)cc1C. The van der Waals surface area contributed by atoms with E-state index in [9.17, 15) is 4.79 Å². The summed E-state index contributed by atoms with van der Waals surface area (Å²) in [5.74, 6) is 0.00311. The fourth-order valence-corrected chi connectivity index (χ4v) is 6.22. The second-order valence-electron chi connectivity index (χ2n) is 10.7. The number of aromatic nitrogens is 2. The van der Waals surface area contributed by atoms with Crippen molar-refractivity contribution in [2.45, 2.75) is 59.2 Å². The lowest BCUT2D eigenvalue weighted by Crippen LogP contribution is -2.37. The van der Waals surface area contributed by atoms with Crippen LogP contribution in [0.4, 0.5) is 11.4 Å². The highest BCUT2D eigenvalue weighted by Crippen LogP contribution is 2.44. The topological polar surface area (TPSA) is 74.7 Å². The van der Waals surface area contributed by atoms with E-state index in [0.717, 1.165) is 68.4 Å². The summed E-state index contributed by atoms with van der Waals surface area (Å²) >= 11 is 5.96. The Labute approximate surface area is 242 Å². The van der Waals surface area contributed by atoms with Crippen LogP contribution in [0.2, 0.25) is 0 Å². The number of benzene rings is 1. The van der Waals surface area contributed by atoms with Crippen molar-refractivity contribution in [2.75, 3.05) is 43.1 Å². The predicted molar refractivity (Wildman–Crippen MR) is 164 cm³/mol. The van der Waals surface area contributed by atoms with Crippen LogP contribution in [0.5, 0.6) is 0 Å². The summed E-state index contributed by atoms with van der Waals surface area (Å²) in [5.41, 5.74) is 7.52. The first kappa shape index (κ1) is 28.3. The molecule has 2 aliphatic rings. The van der Waals surface area contributed by atoms with E-state index in [1.54, 1.807) is 0 Å². The minimum Gasteiger partial charge on any atom is -0.379 e. The number of carbonyl (C=O) groups is 1. The Morgan fingerprint density at radius 2 is 1.93 bits per heavy atom. The fourth-order valence-electron chi connectivity index (χ4n) is 5.87. The highest BCUT2D eigenvalue weighted by atomic mass is 32.1. The Hall–Kier alpha value is -3.27. The number of anilines is 2. The molecule has 2 aliphatic heterocycles. The molecular weight excluding hydrogens is 520 g/mol. The molecule has 0 spiro atoms. The first-order chi connectivity index (χ1) is 19.4. The third-order valence-electron chi connectivity index (χ3n) is 8.07. The van der Waals surface area contributed by atoms with Gasteiger partial charge >= 0.3 is 0 Å². The zero-order chi connectivity index (χ0) is 28.2.